The van der Waals surface area contributed by atoms with Crippen LogP contribution in [-0.2, 0) is 0 Å². The lowest BCUT2D eigenvalue weighted by Gasteiger charge is -2.09. The molecule has 0 aromatic heterocycles. The number of halogens is 1. The Morgan fingerprint density at radius 3 is 2.50 bits per heavy atom. The largest absolute Gasteiger partial charge is 0.276 e. The maximum Gasteiger partial charge on any atom is 0.237 e. The molecular formula is C11H9ClN4. The van der Waals surface area contributed by atoms with Gasteiger partial charge in [-0.05, 0) is 31.0 Å². The van der Waals surface area contributed by atoms with E-state index >= 15 is 0 Å². The third kappa shape index (κ3) is 2.50. The summed E-state index contributed by atoms with van der Waals surface area (Å²) < 4.78 is 0. The summed E-state index contributed by atoms with van der Waals surface area (Å²) in [6.45, 7) is 3.73. The Kier molecular flexibility index (Phi) is 3.88. The smallest absolute Gasteiger partial charge is 0.237 e. The maximum atomic E-state index is 8.53. The van der Waals surface area contributed by atoms with Crippen LogP contribution in [0.5, 0.6) is 0 Å². The second-order valence-corrected chi connectivity index (χ2v) is 3.57. The van der Waals surface area contributed by atoms with Crippen molar-refractivity contribution < 1.29 is 0 Å². The zero-order valence-electron chi connectivity index (χ0n) is 8.87. The fourth-order valence-corrected chi connectivity index (χ4v) is 1.34. The maximum absolute atomic E-state index is 8.53. The van der Waals surface area contributed by atoms with E-state index in [9.17, 15) is 0 Å². The third-order valence-corrected chi connectivity index (χ3v) is 2.51. The second kappa shape index (κ2) is 5.16. The number of hydrazone groups is 1. The van der Waals surface area contributed by atoms with Crippen LogP contribution in [0.3, 0.4) is 0 Å². The van der Waals surface area contributed by atoms with Gasteiger partial charge in [0, 0.05) is 5.02 Å². The molecule has 5 heteroatoms. The first-order valence-corrected chi connectivity index (χ1v) is 4.87. The van der Waals surface area contributed by atoms with Crippen molar-refractivity contribution in [1.82, 2.24) is 0 Å². The van der Waals surface area contributed by atoms with Gasteiger partial charge >= 0.3 is 0 Å². The second-order valence-electron chi connectivity index (χ2n) is 3.16. The highest BCUT2D eigenvalue weighted by molar-refractivity contribution is 6.31. The van der Waals surface area contributed by atoms with Gasteiger partial charge in [-0.1, -0.05) is 17.7 Å². The summed E-state index contributed by atoms with van der Waals surface area (Å²) in [6, 6.07) is 6.97. The molecule has 4 nitrogen and oxygen atoms in total. The van der Waals surface area contributed by atoms with E-state index in [0.29, 0.717) is 5.02 Å². The van der Waals surface area contributed by atoms with Crippen LogP contribution in [0.25, 0.3) is 0 Å². The zero-order chi connectivity index (χ0) is 12.1. The molecule has 1 aromatic carbocycles. The molecule has 1 aromatic rings. The number of aryl methyl sites for hydroxylation is 1. The van der Waals surface area contributed by atoms with Crippen molar-refractivity contribution in [1.29, 1.82) is 10.5 Å². The number of nitrogens with one attached hydrogen (secondary N) is 1. The first-order chi connectivity index (χ1) is 7.60. The predicted molar refractivity (Wildman–Crippen MR) is 63.2 cm³/mol. The third-order valence-electron chi connectivity index (χ3n) is 2.10. The van der Waals surface area contributed by atoms with E-state index in [-0.39, 0.29) is 5.71 Å². The summed E-state index contributed by atoms with van der Waals surface area (Å²) in [5.74, 6) is 0. The Morgan fingerprint density at radius 1 is 1.31 bits per heavy atom. The van der Waals surface area contributed by atoms with Crippen LogP contribution in [0.15, 0.2) is 17.2 Å². The molecule has 0 saturated carbocycles. The summed E-state index contributed by atoms with van der Waals surface area (Å²) in [6.07, 6.45) is 0. The van der Waals surface area contributed by atoms with E-state index < -0.39 is 0 Å². The van der Waals surface area contributed by atoms with Gasteiger partial charge in [0.05, 0.1) is 5.69 Å². The van der Waals surface area contributed by atoms with Gasteiger partial charge in [0.1, 0.15) is 12.1 Å². The molecule has 0 bridgehead atoms. The molecule has 16 heavy (non-hydrogen) atoms. The molecule has 0 fully saturated rings. The normalized spacial score (nSPS) is 8.81. The molecule has 0 radical (unpaired) electrons. The van der Waals surface area contributed by atoms with Crippen LogP contribution in [0, 0.1) is 36.5 Å². The summed E-state index contributed by atoms with van der Waals surface area (Å²) >= 11 is 5.95. The SMILES string of the molecule is Cc1ccc(Cl)c(C)c1NN=C(C#N)C#N. The van der Waals surface area contributed by atoms with Gasteiger partial charge in [-0.25, -0.2) is 0 Å². The number of rotatable bonds is 2. The highest BCUT2D eigenvalue weighted by Crippen LogP contribution is 2.26. The van der Waals surface area contributed by atoms with Gasteiger partial charge in [0.25, 0.3) is 0 Å². The van der Waals surface area contributed by atoms with Crippen molar-refractivity contribution in [2.45, 2.75) is 13.8 Å². The number of hydrogen-bond acceptors (Lipinski definition) is 4. The first kappa shape index (κ1) is 12.0. The minimum atomic E-state index is -0.223. The Bertz CT molecular complexity index is 504. The summed E-state index contributed by atoms with van der Waals surface area (Å²) in [4.78, 5) is 0. The lowest BCUT2D eigenvalue weighted by molar-refractivity contribution is 1.26. The van der Waals surface area contributed by atoms with E-state index in [1.807, 2.05) is 19.9 Å². The molecule has 0 aliphatic carbocycles. The number of nitriles is 2. The standard InChI is InChI=1S/C11H9ClN4/c1-7-3-4-10(12)8(2)11(7)16-15-9(5-13)6-14/h3-4,16H,1-2H3. The van der Waals surface area contributed by atoms with Gasteiger partial charge in [-0.15, -0.1) is 0 Å². The highest BCUT2D eigenvalue weighted by atomic mass is 35.5. The molecule has 0 aliphatic heterocycles. The number of nitrogens with zero attached hydrogens (tertiary/aromatic N) is 3. The van der Waals surface area contributed by atoms with Crippen molar-refractivity contribution in [2.75, 3.05) is 5.43 Å². The minimum absolute atomic E-state index is 0.223. The van der Waals surface area contributed by atoms with Gasteiger partial charge in [-0.2, -0.15) is 15.6 Å². The average Bonchev–Trinajstić information content (AvgIpc) is 2.29. The minimum Gasteiger partial charge on any atom is -0.276 e. The van der Waals surface area contributed by atoms with Gasteiger partial charge in [-0.3, -0.25) is 5.43 Å². The molecule has 0 saturated heterocycles. The summed E-state index contributed by atoms with van der Waals surface area (Å²) in [5.41, 5.74) is 4.96. The monoisotopic (exact) mass is 232 g/mol. The average molecular weight is 233 g/mol. The molecule has 80 valence electrons. The van der Waals surface area contributed by atoms with Crippen LogP contribution in [0.4, 0.5) is 5.69 Å². The topological polar surface area (TPSA) is 72.0 Å². The fourth-order valence-electron chi connectivity index (χ4n) is 1.18. The number of anilines is 1. The predicted octanol–water partition coefficient (Wildman–Crippen LogP) is 2.77. The van der Waals surface area contributed by atoms with E-state index in [4.69, 9.17) is 22.1 Å². The van der Waals surface area contributed by atoms with E-state index in [2.05, 4.69) is 10.5 Å². The lowest BCUT2D eigenvalue weighted by Crippen LogP contribution is -2.00. The van der Waals surface area contributed by atoms with Crippen LogP contribution < -0.4 is 5.43 Å². The number of hydrogen-bond donors (Lipinski definition) is 1. The van der Waals surface area contributed by atoms with Crippen LogP contribution in [0.2, 0.25) is 5.02 Å². The molecule has 0 aliphatic rings. The van der Waals surface area contributed by atoms with Crippen molar-refractivity contribution in [3.05, 3.63) is 28.3 Å². The molecule has 0 spiro atoms. The van der Waals surface area contributed by atoms with Gasteiger partial charge in [0.15, 0.2) is 0 Å². The quantitative estimate of drug-likeness (QED) is 0.630. The first-order valence-electron chi connectivity index (χ1n) is 4.49. The summed E-state index contributed by atoms with van der Waals surface area (Å²) in [5, 5.41) is 21.3. The van der Waals surface area contributed by atoms with Gasteiger partial charge in [0.2, 0.25) is 5.71 Å². The summed E-state index contributed by atoms with van der Waals surface area (Å²) in [7, 11) is 0. The molecule has 1 N–H and O–H groups in total. The van der Waals surface area contributed by atoms with E-state index in [1.165, 1.54) is 0 Å². The Hall–Kier alpha value is -2.04. The van der Waals surface area contributed by atoms with Crippen molar-refractivity contribution in [2.24, 2.45) is 5.10 Å². The molecule has 0 unspecified atom stereocenters. The van der Waals surface area contributed by atoms with Crippen molar-refractivity contribution >= 4 is 23.0 Å². The molecule has 0 atom stereocenters. The van der Waals surface area contributed by atoms with Crippen LogP contribution >= 0.6 is 11.6 Å². The van der Waals surface area contributed by atoms with Crippen molar-refractivity contribution in [3.63, 3.8) is 0 Å². The van der Waals surface area contributed by atoms with Gasteiger partial charge < -0.3 is 0 Å². The molecular weight excluding hydrogens is 224 g/mol. The van der Waals surface area contributed by atoms with E-state index in [1.54, 1.807) is 18.2 Å². The Balaban J connectivity index is 3.09. The van der Waals surface area contributed by atoms with Crippen molar-refractivity contribution in [3.8, 4) is 12.1 Å². The Morgan fingerprint density at radius 2 is 1.94 bits per heavy atom. The highest BCUT2D eigenvalue weighted by Gasteiger charge is 2.05. The molecule has 0 amide bonds. The molecule has 0 heterocycles. The fraction of sp³-hybridized carbons (Fsp3) is 0.182. The molecule has 1 rings (SSSR count). The Labute approximate surface area is 98.8 Å². The zero-order valence-corrected chi connectivity index (χ0v) is 9.63. The lowest BCUT2D eigenvalue weighted by atomic mass is 10.1. The van der Waals surface area contributed by atoms with Crippen LogP contribution in [0.1, 0.15) is 11.1 Å². The van der Waals surface area contributed by atoms with Crippen LogP contribution in [-0.4, -0.2) is 5.71 Å². The number of benzene rings is 1. The van der Waals surface area contributed by atoms with E-state index in [0.717, 1.165) is 16.8 Å².